The first-order chi connectivity index (χ1) is 9.69. The lowest BCUT2D eigenvalue weighted by molar-refractivity contribution is -0.0309. The van der Waals surface area contributed by atoms with Crippen molar-refractivity contribution in [2.75, 3.05) is 19.8 Å². The Bertz CT molecular complexity index is 283. The van der Waals surface area contributed by atoms with Crippen molar-refractivity contribution in [2.24, 2.45) is 17.8 Å². The second kappa shape index (κ2) is 6.33. The van der Waals surface area contributed by atoms with Crippen LogP contribution in [0.15, 0.2) is 0 Å². The fraction of sp³-hybridized carbons (Fsp3) is 1.00. The van der Waals surface area contributed by atoms with Crippen molar-refractivity contribution in [2.45, 2.75) is 69.9 Å². The molecule has 116 valence electrons. The molecule has 0 aromatic rings. The normalized spacial score (nSPS) is 40.2. The van der Waals surface area contributed by atoms with Crippen LogP contribution >= 0.6 is 0 Å². The summed E-state index contributed by atoms with van der Waals surface area (Å²) in [5, 5.41) is 13.8. The van der Waals surface area contributed by atoms with Gasteiger partial charge >= 0.3 is 0 Å². The Balaban J connectivity index is 1.41. The standard InChI is InChI=1S/C17H31NO2/c1-2-3-4-20-12-16(19)11-18-17-8-13-5-14(9-17)7-15(6-13)10-17/h13-16,18-19H,2-12H2,1H3. The number of nitrogens with one attached hydrogen (secondary N) is 1. The number of ether oxygens (including phenoxy) is 1. The zero-order valence-electron chi connectivity index (χ0n) is 12.9. The van der Waals surface area contributed by atoms with Gasteiger partial charge < -0.3 is 15.2 Å². The van der Waals surface area contributed by atoms with Gasteiger partial charge in [0, 0.05) is 18.7 Å². The zero-order chi connectivity index (χ0) is 14.0. The average molecular weight is 281 g/mol. The minimum atomic E-state index is -0.347. The first-order valence-corrected chi connectivity index (χ1v) is 8.70. The Kier molecular flexibility index (Phi) is 4.68. The van der Waals surface area contributed by atoms with Crippen LogP contribution in [0.1, 0.15) is 58.3 Å². The van der Waals surface area contributed by atoms with E-state index in [-0.39, 0.29) is 6.10 Å². The highest BCUT2D eigenvalue weighted by Crippen LogP contribution is 2.55. The van der Waals surface area contributed by atoms with Crippen LogP contribution in [0, 0.1) is 17.8 Å². The van der Waals surface area contributed by atoms with Crippen LogP contribution in [0.25, 0.3) is 0 Å². The monoisotopic (exact) mass is 281 g/mol. The Morgan fingerprint density at radius 2 is 1.75 bits per heavy atom. The van der Waals surface area contributed by atoms with E-state index >= 15 is 0 Å². The molecule has 1 atom stereocenters. The summed E-state index contributed by atoms with van der Waals surface area (Å²) in [5.74, 6) is 2.89. The van der Waals surface area contributed by atoms with E-state index in [0.29, 0.717) is 18.7 Å². The minimum Gasteiger partial charge on any atom is -0.389 e. The SMILES string of the molecule is CCCCOCC(O)CNC12CC3CC(CC(C3)C1)C2. The zero-order valence-corrected chi connectivity index (χ0v) is 12.9. The Morgan fingerprint density at radius 1 is 1.15 bits per heavy atom. The molecule has 4 saturated carbocycles. The van der Waals surface area contributed by atoms with Crippen LogP contribution in [0.2, 0.25) is 0 Å². The molecule has 4 bridgehead atoms. The predicted molar refractivity (Wildman–Crippen MR) is 80.6 cm³/mol. The van der Waals surface area contributed by atoms with Crippen molar-refractivity contribution >= 4 is 0 Å². The van der Waals surface area contributed by atoms with E-state index < -0.39 is 0 Å². The van der Waals surface area contributed by atoms with Crippen LogP contribution in [-0.4, -0.2) is 36.5 Å². The fourth-order valence-electron chi connectivity index (χ4n) is 5.19. The van der Waals surface area contributed by atoms with Crippen molar-refractivity contribution < 1.29 is 9.84 Å². The van der Waals surface area contributed by atoms with E-state index in [0.717, 1.165) is 37.2 Å². The lowest BCUT2D eigenvalue weighted by atomic mass is 9.53. The van der Waals surface area contributed by atoms with Gasteiger partial charge in [0.1, 0.15) is 0 Å². The van der Waals surface area contributed by atoms with Crippen molar-refractivity contribution in [1.29, 1.82) is 0 Å². The molecule has 2 N–H and O–H groups in total. The molecule has 0 aromatic carbocycles. The fourth-order valence-corrected chi connectivity index (χ4v) is 5.19. The highest BCUT2D eigenvalue weighted by molar-refractivity contribution is 5.06. The number of aliphatic hydroxyl groups is 1. The van der Waals surface area contributed by atoms with Crippen LogP contribution in [0.3, 0.4) is 0 Å². The number of aliphatic hydroxyl groups excluding tert-OH is 1. The minimum absolute atomic E-state index is 0.347. The molecule has 4 aliphatic rings. The summed E-state index contributed by atoms with van der Waals surface area (Å²) in [7, 11) is 0. The number of β-amino-alcohol motifs (C(OH)–C–C–N with tert-alkyl or cyclic N) is 1. The number of hydrogen-bond acceptors (Lipinski definition) is 3. The van der Waals surface area contributed by atoms with Crippen LogP contribution in [-0.2, 0) is 4.74 Å². The van der Waals surface area contributed by atoms with E-state index in [1.54, 1.807) is 0 Å². The maximum atomic E-state index is 10.1. The summed E-state index contributed by atoms with van der Waals surface area (Å²) >= 11 is 0. The summed E-state index contributed by atoms with van der Waals surface area (Å²) in [5.41, 5.74) is 0.360. The van der Waals surface area contributed by atoms with Gasteiger partial charge in [-0.25, -0.2) is 0 Å². The molecule has 4 fully saturated rings. The molecule has 3 heteroatoms. The summed E-state index contributed by atoms with van der Waals surface area (Å²) < 4.78 is 5.52. The van der Waals surface area contributed by atoms with Gasteiger partial charge in [-0.2, -0.15) is 0 Å². The van der Waals surface area contributed by atoms with E-state index in [2.05, 4.69) is 12.2 Å². The molecule has 0 radical (unpaired) electrons. The quantitative estimate of drug-likeness (QED) is 0.672. The Morgan fingerprint density at radius 3 is 2.30 bits per heavy atom. The van der Waals surface area contributed by atoms with Gasteiger partial charge in [0.25, 0.3) is 0 Å². The third-order valence-electron chi connectivity index (χ3n) is 5.70. The summed E-state index contributed by atoms with van der Waals surface area (Å²) in [6.45, 7) is 4.14. The molecule has 0 saturated heterocycles. The van der Waals surface area contributed by atoms with Gasteiger partial charge in [0.05, 0.1) is 12.7 Å². The molecule has 4 rings (SSSR count). The lowest BCUT2D eigenvalue weighted by Gasteiger charge is -2.57. The predicted octanol–water partition coefficient (Wildman–Crippen LogP) is 2.72. The van der Waals surface area contributed by atoms with Gasteiger partial charge in [-0.15, -0.1) is 0 Å². The van der Waals surface area contributed by atoms with Crippen LogP contribution in [0.4, 0.5) is 0 Å². The van der Waals surface area contributed by atoms with Gasteiger partial charge in [0.15, 0.2) is 0 Å². The first kappa shape index (κ1) is 14.8. The largest absolute Gasteiger partial charge is 0.389 e. The highest BCUT2D eigenvalue weighted by Gasteiger charge is 2.50. The molecule has 4 aliphatic carbocycles. The Labute approximate surface area is 123 Å². The lowest BCUT2D eigenvalue weighted by Crippen LogP contribution is -2.59. The van der Waals surface area contributed by atoms with Crippen molar-refractivity contribution in [3.63, 3.8) is 0 Å². The van der Waals surface area contributed by atoms with Crippen molar-refractivity contribution in [1.82, 2.24) is 5.32 Å². The molecular weight excluding hydrogens is 250 g/mol. The number of unbranched alkanes of at least 4 members (excludes halogenated alkanes) is 1. The first-order valence-electron chi connectivity index (χ1n) is 8.70. The second-order valence-electron chi connectivity index (χ2n) is 7.66. The molecule has 0 aromatic heterocycles. The average Bonchev–Trinajstić information content (AvgIpc) is 2.40. The third-order valence-corrected chi connectivity index (χ3v) is 5.70. The molecule has 20 heavy (non-hydrogen) atoms. The number of hydrogen-bond donors (Lipinski definition) is 2. The van der Waals surface area contributed by atoms with Gasteiger partial charge in [0.2, 0.25) is 0 Å². The number of rotatable bonds is 8. The van der Waals surface area contributed by atoms with E-state index in [1.807, 2.05) is 0 Å². The van der Waals surface area contributed by atoms with E-state index in [4.69, 9.17) is 4.74 Å². The molecule has 0 amide bonds. The highest BCUT2D eigenvalue weighted by atomic mass is 16.5. The maximum absolute atomic E-state index is 10.1. The molecule has 0 aliphatic heterocycles. The summed E-state index contributed by atoms with van der Waals surface area (Å²) in [4.78, 5) is 0. The summed E-state index contributed by atoms with van der Waals surface area (Å²) in [6, 6.07) is 0. The molecular formula is C17H31NO2. The second-order valence-corrected chi connectivity index (χ2v) is 7.66. The third kappa shape index (κ3) is 3.37. The van der Waals surface area contributed by atoms with Crippen molar-refractivity contribution in [3.8, 4) is 0 Å². The topological polar surface area (TPSA) is 41.5 Å². The molecule has 3 nitrogen and oxygen atoms in total. The van der Waals surface area contributed by atoms with Crippen LogP contribution in [0.5, 0.6) is 0 Å². The maximum Gasteiger partial charge on any atom is 0.0897 e. The molecule has 0 heterocycles. The smallest absolute Gasteiger partial charge is 0.0897 e. The van der Waals surface area contributed by atoms with Crippen molar-refractivity contribution in [3.05, 3.63) is 0 Å². The Hall–Kier alpha value is -0.120. The van der Waals surface area contributed by atoms with E-state index in [9.17, 15) is 5.11 Å². The van der Waals surface area contributed by atoms with E-state index in [1.165, 1.54) is 38.5 Å². The summed E-state index contributed by atoms with van der Waals surface area (Å²) in [6.07, 6.45) is 10.4. The molecule has 0 spiro atoms. The van der Waals surface area contributed by atoms with Crippen LogP contribution < -0.4 is 5.32 Å². The molecule has 1 unspecified atom stereocenters. The van der Waals surface area contributed by atoms with Gasteiger partial charge in [-0.1, -0.05) is 13.3 Å². The van der Waals surface area contributed by atoms with Gasteiger partial charge in [-0.05, 0) is 62.7 Å². The van der Waals surface area contributed by atoms with Gasteiger partial charge in [-0.3, -0.25) is 0 Å².